The third-order valence-corrected chi connectivity index (χ3v) is 4.73. The van der Waals surface area contributed by atoms with E-state index in [1.807, 2.05) is 6.08 Å². The van der Waals surface area contributed by atoms with Crippen LogP contribution in [0.5, 0.6) is 0 Å². The Hall–Kier alpha value is -1.15. The molecule has 1 aliphatic heterocycles. The number of rotatable bonds is 7. The van der Waals surface area contributed by atoms with E-state index in [9.17, 15) is 0 Å². The van der Waals surface area contributed by atoms with Crippen molar-refractivity contribution in [3.05, 3.63) is 46.3 Å². The number of halogens is 1. The summed E-state index contributed by atoms with van der Waals surface area (Å²) in [5, 5.41) is 4.08. The van der Waals surface area contributed by atoms with Gasteiger partial charge in [0.15, 0.2) is 0 Å². The summed E-state index contributed by atoms with van der Waals surface area (Å²) in [4.78, 5) is 0. The largest absolute Gasteiger partial charge is 0.405 e. The lowest BCUT2D eigenvalue weighted by Gasteiger charge is -2.26. The van der Waals surface area contributed by atoms with Gasteiger partial charge in [-0.05, 0) is 61.9 Å². The van der Waals surface area contributed by atoms with Crippen molar-refractivity contribution in [2.24, 2.45) is 17.6 Å². The van der Waals surface area contributed by atoms with E-state index in [-0.39, 0.29) is 0 Å². The lowest BCUT2D eigenvalue weighted by molar-refractivity contribution is 0.545. The van der Waals surface area contributed by atoms with E-state index in [0.29, 0.717) is 17.9 Å². The van der Waals surface area contributed by atoms with E-state index in [2.05, 4.69) is 52.1 Å². The summed E-state index contributed by atoms with van der Waals surface area (Å²) in [5.41, 5.74) is 9.94. The lowest BCUT2D eigenvalue weighted by Crippen LogP contribution is -2.30. The Bertz CT molecular complexity index is 484. The van der Waals surface area contributed by atoms with Crippen LogP contribution < -0.4 is 11.1 Å². The quantitative estimate of drug-likeness (QED) is 0.497. The monoisotopic (exact) mass is 322 g/mol. The van der Waals surface area contributed by atoms with Crippen LogP contribution in [0.4, 0.5) is 0 Å². The molecule has 0 saturated carbocycles. The van der Waals surface area contributed by atoms with Crippen LogP contribution in [0.2, 0.25) is 0 Å². The van der Waals surface area contributed by atoms with Crippen LogP contribution in [0.25, 0.3) is 0 Å². The number of dihydropyridines is 1. The Morgan fingerprint density at radius 1 is 1.36 bits per heavy atom. The molecule has 124 valence electrons. The molecule has 3 heteroatoms. The average Bonchev–Trinajstić information content (AvgIpc) is 2.47. The van der Waals surface area contributed by atoms with Crippen LogP contribution in [0, 0.1) is 11.8 Å². The van der Waals surface area contributed by atoms with E-state index < -0.39 is 0 Å². The highest BCUT2D eigenvalue weighted by Crippen LogP contribution is 2.30. The summed E-state index contributed by atoms with van der Waals surface area (Å²) in [6, 6.07) is 0.309. The summed E-state index contributed by atoms with van der Waals surface area (Å²) < 4.78 is 0. The lowest BCUT2D eigenvalue weighted by atomic mass is 9.83. The number of nitrogens with two attached hydrogens (primary N) is 1. The second kappa shape index (κ2) is 9.09. The number of allylic oxidation sites excluding steroid dienone is 5. The molecule has 1 heterocycles. The molecule has 3 N–H and O–H groups in total. The van der Waals surface area contributed by atoms with Crippen molar-refractivity contribution in [3.63, 3.8) is 0 Å². The molecule has 0 amide bonds. The van der Waals surface area contributed by atoms with Gasteiger partial charge < -0.3 is 11.1 Å². The predicted molar refractivity (Wildman–Crippen MR) is 98.5 cm³/mol. The highest BCUT2D eigenvalue weighted by Gasteiger charge is 2.18. The van der Waals surface area contributed by atoms with E-state index >= 15 is 0 Å². The van der Waals surface area contributed by atoms with Gasteiger partial charge in [0, 0.05) is 6.04 Å². The molecule has 0 aromatic rings. The molecule has 0 bridgehead atoms. The first-order valence-corrected chi connectivity index (χ1v) is 8.70. The van der Waals surface area contributed by atoms with Crippen LogP contribution in [0.3, 0.4) is 0 Å². The number of hydrogen-bond donors (Lipinski definition) is 2. The zero-order valence-electron chi connectivity index (χ0n) is 14.6. The zero-order chi connectivity index (χ0) is 16.7. The Balaban J connectivity index is 2.92. The van der Waals surface area contributed by atoms with E-state index in [1.165, 1.54) is 16.7 Å². The molecule has 1 aliphatic rings. The summed E-state index contributed by atoms with van der Waals surface area (Å²) in [6.07, 6.45) is 11.0. The number of hydrogen-bond acceptors (Lipinski definition) is 2. The van der Waals surface area contributed by atoms with Crippen molar-refractivity contribution in [3.8, 4) is 0 Å². The second-order valence-corrected chi connectivity index (χ2v) is 6.87. The summed E-state index contributed by atoms with van der Waals surface area (Å²) in [7, 11) is 0. The fourth-order valence-electron chi connectivity index (χ4n) is 3.17. The first kappa shape index (κ1) is 18.9. The van der Waals surface area contributed by atoms with Crippen LogP contribution in [-0.4, -0.2) is 6.04 Å². The standard InChI is InChI=1S/C19H31ClN2/c1-6-14(4)19(13(2)3)16(11-12-21)8-9-17-15(5)7-10-18(20)22-17/h7,10-14,17,22H,6,8-9,21H2,1-5H3/b12-11-,19-16-. The third-order valence-electron chi connectivity index (χ3n) is 4.49. The van der Waals surface area contributed by atoms with Crippen LogP contribution in [0.1, 0.15) is 53.9 Å². The Labute approximate surface area is 141 Å². The van der Waals surface area contributed by atoms with Gasteiger partial charge in [0.1, 0.15) is 5.16 Å². The fourth-order valence-corrected chi connectivity index (χ4v) is 3.36. The minimum Gasteiger partial charge on any atom is -0.405 e. The number of nitrogens with one attached hydrogen (secondary N) is 1. The molecule has 2 atom stereocenters. The van der Waals surface area contributed by atoms with Gasteiger partial charge in [-0.25, -0.2) is 0 Å². The average molecular weight is 323 g/mol. The molecule has 0 saturated heterocycles. The van der Waals surface area contributed by atoms with Crippen LogP contribution in [0.15, 0.2) is 46.3 Å². The normalized spacial score (nSPS) is 21.3. The molecular formula is C19H31ClN2. The van der Waals surface area contributed by atoms with E-state index in [1.54, 1.807) is 6.20 Å². The molecule has 0 radical (unpaired) electrons. The topological polar surface area (TPSA) is 38.0 Å². The van der Waals surface area contributed by atoms with Gasteiger partial charge in [-0.1, -0.05) is 56.5 Å². The SMILES string of the molecule is CCC(C)/C(=C(\C=C/N)CCC1NC(Cl)=CC=C1C)C(C)C. The first-order chi connectivity index (χ1) is 10.4. The molecule has 0 aromatic carbocycles. The maximum Gasteiger partial charge on any atom is 0.102 e. The minimum absolute atomic E-state index is 0.309. The first-order valence-electron chi connectivity index (χ1n) is 8.32. The van der Waals surface area contributed by atoms with Gasteiger partial charge in [-0.15, -0.1) is 0 Å². The molecule has 22 heavy (non-hydrogen) atoms. The van der Waals surface area contributed by atoms with Crippen LogP contribution >= 0.6 is 11.6 Å². The van der Waals surface area contributed by atoms with Gasteiger partial charge in [0.25, 0.3) is 0 Å². The van der Waals surface area contributed by atoms with Crippen molar-refractivity contribution in [2.45, 2.75) is 59.9 Å². The molecule has 2 unspecified atom stereocenters. The van der Waals surface area contributed by atoms with Gasteiger partial charge in [-0.3, -0.25) is 0 Å². The molecule has 0 fully saturated rings. The molecule has 0 aliphatic carbocycles. The minimum atomic E-state index is 0.309. The van der Waals surface area contributed by atoms with E-state index in [4.69, 9.17) is 17.3 Å². The van der Waals surface area contributed by atoms with Crippen molar-refractivity contribution in [1.82, 2.24) is 5.32 Å². The molecule has 0 spiro atoms. The predicted octanol–water partition coefficient (Wildman–Crippen LogP) is 5.24. The molecule has 2 nitrogen and oxygen atoms in total. The summed E-state index contributed by atoms with van der Waals surface area (Å²) >= 11 is 6.10. The zero-order valence-corrected chi connectivity index (χ0v) is 15.4. The maximum absolute atomic E-state index is 6.10. The smallest absolute Gasteiger partial charge is 0.102 e. The van der Waals surface area contributed by atoms with Gasteiger partial charge in [-0.2, -0.15) is 0 Å². The Morgan fingerprint density at radius 2 is 2.05 bits per heavy atom. The fraction of sp³-hybridized carbons (Fsp3) is 0.579. The molecular weight excluding hydrogens is 292 g/mol. The van der Waals surface area contributed by atoms with Gasteiger partial charge in [0.2, 0.25) is 0 Å². The van der Waals surface area contributed by atoms with Crippen LogP contribution in [-0.2, 0) is 0 Å². The second-order valence-electron chi connectivity index (χ2n) is 6.46. The highest BCUT2D eigenvalue weighted by atomic mass is 35.5. The highest BCUT2D eigenvalue weighted by molar-refractivity contribution is 6.29. The Kier molecular flexibility index (Phi) is 7.81. The summed E-state index contributed by atoms with van der Waals surface area (Å²) in [5.74, 6) is 1.13. The van der Waals surface area contributed by atoms with Crippen molar-refractivity contribution >= 4 is 11.6 Å². The summed E-state index contributed by atoms with van der Waals surface area (Å²) in [6.45, 7) is 11.3. The maximum atomic E-state index is 6.10. The van der Waals surface area contributed by atoms with Gasteiger partial charge >= 0.3 is 0 Å². The molecule has 0 aromatic heterocycles. The van der Waals surface area contributed by atoms with Crippen molar-refractivity contribution in [1.29, 1.82) is 0 Å². The van der Waals surface area contributed by atoms with Crippen molar-refractivity contribution in [2.75, 3.05) is 0 Å². The molecule has 1 rings (SSSR count). The third kappa shape index (κ3) is 5.24. The Morgan fingerprint density at radius 3 is 2.59 bits per heavy atom. The van der Waals surface area contributed by atoms with Gasteiger partial charge in [0.05, 0.1) is 0 Å². The van der Waals surface area contributed by atoms with Crippen molar-refractivity contribution < 1.29 is 0 Å². The van der Waals surface area contributed by atoms with E-state index in [0.717, 1.165) is 24.4 Å².